The molecule has 1 N–H and O–H groups in total. The zero-order valence-electron chi connectivity index (χ0n) is 18.7. The predicted octanol–water partition coefficient (Wildman–Crippen LogP) is 3.93. The average Bonchev–Trinajstić information content (AvgIpc) is 3.32. The highest BCUT2D eigenvalue weighted by Gasteiger charge is 2.28. The van der Waals surface area contributed by atoms with Crippen LogP contribution in [0.1, 0.15) is 24.3 Å². The Kier molecular flexibility index (Phi) is 6.54. The fourth-order valence-corrected chi connectivity index (χ4v) is 8.36. The Morgan fingerprint density at radius 1 is 1.09 bits per heavy atom. The Hall–Kier alpha value is -2.43. The minimum absolute atomic E-state index is 0.0168. The van der Waals surface area contributed by atoms with Crippen LogP contribution in [0.15, 0.2) is 41.6 Å². The highest BCUT2D eigenvalue weighted by Crippen LogP contribution is 2.36. The van der Waals surface area contributed by atoms with Gasteiger partial charge in [-0.25, -0.2) is 13.4 Å². The van der Waals surface area contributed by atoms with Gasteiger partial charge >= 0.3 is 0 Å². The van der Waals surface area contributed by atoms with Gasteiger partial charge in [-0.2, -0.15) is 5.21 Å². The Balaban J connectivity index is 1.75. The molecule has 1 saturated heterocycles. The quantitative estimate of drug-likeness (QED) is 0.520. The second-order valence-electron chi connectivity index (χ2n) is 9.41. The summed E-state index contributed by atoms with van der Waals surface area (Å²) in [5.41, 5.74) is 3.29. The van der Waals surface area contributed by atoms with E-state index in [-0.39, 0.29) is 16.6 Å². The summed E-state index contributed by atoms with van der Waals surface area (Å²) in [7, 11) is -5.17. The summed E-state index contributed by atoms with van der Waals surface area (Å²) < 4.78 is 32.1. The van der Waals surface area contributed by atoms with Crippen LogP contribution in [0, 0.1) is 0 Å². The van der Waals surface area contributed by atoms with Gasteiger partial charge in [-0.3, -0.25) is 0 Å². The van der Waals surface area contributed by atoms with E-state index in [2.05, 4.69) is 57.4 Å². The van der Waals surface area contributed by atoms with Gasteiger partial charge in [0.15, 0.2) is 14.9 Å². The number of H-pyrrole nitrogens is 1. The van der Waals surface area contributed by atoms with Crippen LogP contribution in [-0.2, 0) is 14.6 Å². The molecular formula is C22H29N5O3SSi. The van der Waals surface area contributed by atoms with Crippen LogP contribution >= 0.6 is 0 Å². The van der Waals surface area contributed by atoms with Crippen molar-refractivity contribution in [3.63, 3.8) is 0 Å². The molecule has 0 amide bonds. The summed E-state index contributed by atoms with van der Waals surface area (Å²) in [6.07, 6.45) is 3.58. The number of hydrogen-bond acceptors (Lipinski definition) is 7. The number of hydrogen-bond donors (Lipinski definition) is 1. The van der Waals surface area contributed by atoms with Gasteiger partial charge in [-0.05, 0) is 52.8 Å². The van der Waals surface area contributed by atoms with Gasteiger partial charge in [0.2, 0.25) is 5.82 Å². The summed E-state index contributed by atoms with van der Waals surface area (Å²) in [6, 6.07) is 10.8. The first-order chi connectivity index (χ1) is 15.2. The topological polar surface area (TPSA) is 111 Å². The normalized spacial score (nSPS) is 15.7. The van der Waals surface area contributed by atoms with Crippen molar-refractivity contribution >= 4 is 17.9 Å². The molecule has 0 bridgehead atoms. The lowest BCUT2D eigenvalue weighted by molar-refractivity contribution is 0.0853. The van der Waals surface area contributed by atoms with Gasteiger partial charge in [-0.15, -0.1) is 10.2 Å². The average molecular weight is 472 g/mol. The molecule has 3 aromatic rings. The van der Waals surface area contributed by atoms with Crippen LogP contribution in [0.4, 0.5) is 0 Å². The molecule has 1 aromatic carbocycles. The number of aromatic nitrogens is 5. The third kappa shape index (κ3) is 5.13. The van der Waals surface area contributed by atoms with Crippen molar-refractivity contribution in [2.75, 3.05) is 19.0 Å². The van der Waals surface area contributed by atoms with Crippen molar-refractivity contribution in [2.45, 2.75) is 49.5 Å². The Morgan fingerprint density at radius 2 is 1.81 bits per heavy atom. The van der Waals surface area contributed by atoms with E-state index in [1.807, 2.05) is 18.2 Å². The molecule has 32 heavy (non-hydrogen) atoms. The number of aromatic amines is 1. The smallest absolute Gasteiger partial charge is 0.208 e. The van der Waals surface area contributed by atoms with Gasteiger partial charge < -0.3 is 4.74 Å². The third-order valence-electron chi connectivity index (χ3n) is 5.81. The van der Waals surface area contributed by atoms with E-state index in [9.17, 15) is 8.42 Å². The summed E-state index contributed by atoms with van der Waals surface area (Å²) in [5.74, 6) is 0.782. The molecular weight excluding hydrogens is 442 g/mol. The molecule has 170 valence electrons. The fraction of sp³-hybridized carbons (Fsp3) is 0.455. The lowest BCUT2D eigenvalue weighted by Gasteiger charge is -2.22. The highest BCUT2D eigenvalue weighted by atomic mass is 32.2. The van der Waals surface area contributed by atoms with Gasteiger partial charge in [0.05, 0.1) is 11.3 Å². The van der Waals surface area contributed by atoms with E-state index < -0.39 is 17.9 Å². The monoisotopic (exact) mass is 471 g/mol. The van der Waals surface area contributed by atoms with Gasteiger partial charge in [0.25, 0.3) is 0 Å². The number of benzene rings is 1. The first-order valence-corrected chi connectivity index (χ1v) is 16.2. The Morgan fingerprint density at radius 3 is 2.44 bits per heavy atom. The number of pyridine rings is 1. The number of tetrazole rings is 1. The van der Waals surface area contributed by atoms with Crippen molar-refractivity contribution in [1.82, 2.24) is 25.6 Å². The standard InChI is InChI=1S/C22H29N5O3SSi/c1-32(2,3)15-14-31(28,29)22-20(21-24-26-27-25-21)19(8-11-23-22)18-6-4-16(5-7-18)17-9-12-30-13-10-17/h4-8,11,17H,9-10,12-15H2,1-3H3,(H,24,25,26,27). The van der Waals surface area contributed by atoms with Gasteiger partial charge in [-0.1, -0.05) is 43.9 Å². The van der Waals surface area contributed by atoms with E-state index in [1.165, 1.54) is 5.56 Å². The van der Waals surface area contributed by atoms with Crippen LogP contribution in [0.25, 0.3) is 22.5 Å². The lowest BCUT2D eigenvalue weighted by atomic mass is 9.90. The summed E-state index contributed by atoms with van der Waals surface area (Å²) in [5, 5.41) is 14.3. The largest absolute Gasteiger partial charge is 0.381 e. The third-order valence-corrected chi connectivity index (χ3v) is 9.57. The van der Waals surface area contributed by atoms with Crippen molar-refractivity contribution in [3.05, 3.63) is 42.1 Å². The van der Waals surface area contributed by atoms with Crippen molar-refractivity contribution in [2.24, 2.45) is 0 Å². The molecule has 0 unspecified atom stereocenters. The summed E-state index contributed by atoms with van der Waals surface area (Å²) in [6.45, 7) is 8.06. The molecule has 1 aliphatic rings. The molecule has 1 aliphatic heterocycles. The number of rotatable bonds is 7. The van der Waals surface area contributed by atoms with Crippen LogP contribution in [0.3, 0.4) is 0 Å². The second kappa shape index (κ2) is 9.20. The molecule has 0 saturated carbocycles. The van der Waals surface area contributed by atoms with Crippen molar-refractivity contribution in [1.29, 1.82) is 0 Å². The molecule has 0 radical (unpaired) electrons. The fourth-order valence-electron chi connectivity index (χ4n) is 3.91. The molecule has 3 heterocycles. The van der Waals surface area contributed by atoms with Crippen LogP contribution in [-0.4, -0.2) is 61.1 Å². The number of nitrogens with one attached hydrogen (secondary N) is 1. The maximum Gasteiger partial charge on any atom is 0.208 e. The lowest BCUT2D eigenvalue weighted by Crippen LogP contribution is -2.24. The number of ether oxygens (including phenoxy) is 1. The minimum Gasteiger partial charge on any atom is -0.381 e. The van der Waals surface area contributed by atoms with E-state index in [1.54, 1.807) is 6.20 Å². The van der Waals surface area contributed by atoms with E-state index >= 15 is 0 Å². The minimum atomic E-state index is -3.62. The summed E-state index contributed by atoms with van der Waals surface area (Å²) in [4.78, 5) is 4.28. The molecule has 8 nitrogen and oxygen atoms in total. The molecule has 1 fully saturated rings. The summed E-state index contributed by atoms with van der Waals surface area (Å²) >= 11 is 0. The Labute approximate surface area is 189 Å². The number of sulfone groups is 1. The molecule has 0 aliphatic carbocycles. The van der Waals surface area contributed by atoms with Crippen LogP contribution in [0.2, 0.25) is 25.7 Å². The molecule has 0 atom stereocenters. The van der Waals surface area contributed by atoms with Crippen molar-refractivity contribution in [3.8, 4) is 22.5 Å². The first kappa shape index (κ1) is 22.7. The zero-order valence-corrected chi connectivity index (χ0v) is 20.5. The van der Waals surface area contributed by atoms with Crippen molar-refractivity contribution < 1.29 is 13.2 Å². The molecule has 0 spiro atoms. The molecule has 10 heteroatoms. The maximum atomic E-state index is 13.3. The molecule has 2 aromatic heterocycles. The van der Waals surface area contributed by atoms with Gasteiger partial charge in [0.1, 0.15) is 0 Å². The zero-order chi connectivity index (χ0) is 22.8. The Bertz CT molecular complexity index is 1150. The predicted molar refractivity (Wildman–Crippen MR) is 126 cm³/mol. The first-order valence-electron chi connectivity index (χ1n) is 10.9. The van der Waals surface area contributed by atoms with Crippen LogP contribution < -0.4 is 0 Å². The maximum absolute atomic E-state index is 13.3. The number of nitrogens with zero attached hydrogens (tertiary/aromatic N) is 4. The van der Waals surface area contributed by atoms with E-state index in [0.717, 1.165) is 37.2 Å². The van der Waals surface area contributed by atoms with Gasteiger partial charge in [0, 0.05) is 27.5 Å². The van der Waals surface area contributed by atoms with Crippen LogP contribution in [0.5, 0.6) is 0 Å². The van der Waals surface area contributed by atoms with E-state index in [0.29, 0.717) is 17.5 Å². The second-order valence-corrected chi connectivity index (χ2v) is 17.1. The molecule has 4 rings (SSSR count). The van der Waals surface area contributed by atoms with E-state index in [4.69, 9.17) is 4.74 Å². The highest BCUT2D eigenvalue weighted by molar-refractivity contribution is 7.91. The SMILES string of the molecule is C[Si](C)(C)CCS(=O)(=O)c1nccc(-c2ccc(C3CCOCC3)cc2)c1-c1nn[nH]n1.